The van der Waals surface area contributed by atoms with Gasteiger partial charge in [0.15, 0.2) is 0 Å². The maximum Gasteiger partial charge on any atom is 0.0555 e. The Kier molecular flexibility index (Phi) is 3.33. The van der Waals surface area contributed by atoms with E-state index in [1.54, 1.807) is 6.20 Å². The number of pyridine rings is 1. The van der Waals surface area contributed by atoms with Crippen LogP contribution in [0.15, 0.2) is 37.2 Å². The van der Waals surface area contributed by atoms with Crippen LogP contribution in [0.3, 0.4) is 0 Å². The van der Waals surface area contributed by atoms with E-state index < -0.39 is 0 Å². The Morgan fingerprint density at radius 2 is 2.50 bits per heavy atom. The van der Waals surface area contributed by atoms with Gasteiger partial charge in [0.25, 0.3) is 0 Å². The summed E-state index contributed by atoms with van der Waals surface area (Å²) in [6.45, 7) is 7.69. The Hall–Kier alpha value is -1.31. The fourth-order valence-electron chi connectivity index (χ4n) is 1.11. The van der Waals surface area contributed by atoms with Crippen molar-refractivity contribution in [2.75, 3.05) is 18.0 Å². The summed E-state index contributed by atoms with van der Waals surface area (Å²) < 4.78 is 0. The Balaban J connectivity index is 2.72. The molecule has 0 bridgehead atoms. The van der Waals surface area contributed by atoms with E-state index in [1.165, 1.54) is 0 Å². The summed E-state index contributed by atoms with van der Waals surface area (Å²) in [5.74, 6) is 0. The normalized spacial score (nSPS) is 9.42. The van der Waals surface area contributed by atoms with Gasteiger partial charge in [-0.15, -0.1) is 6.58 Å². The summed E-state index contributed by atoms with van der Waals surface area (Å²) >= 11 is 0. The molecular formula is C10H14N2. The molecule has 0 aliphatic rings. The molecule has 0 aliphatic carbocycles. The van der Waals surface area contributed by atoms with Gasteiger partial charge in [0.05, 0.1) is 11.9 Å². The zero-order valence-corrected chi connectivity index (χ0v) is 7.40. The van der Waals surface area contributed by atoms with E-state index >= 15 is 0 Å². The predicted octanol–water partition coefficient (Wildman–Crippen LogP) is 2.09. The van der Waals surface area contributed by atoms with Crippen LogP contribution in [0, 0.1) is 0 Å². The SMILES string of the molecule is C=CCN(CC)c1cccnc1. The number of rotatable bonds is 4. The molecule has 0 fully saturated rings. The van der Waals surface area contributed by atoms with E-state index in [9.17, 15) is 0 Å². The van der Waals surface area contributed by atoms with Crippen molar-refractivity contribution in [3.8, 4) is 0 Å². The average molecular weight is 162 g/mol. The van der Waals surface area contributed by atoms with Crippen LogP contribution in [0.25, 0.3) is 0 Å². The lowest BCUT2D eigenvalue weighted by molar-refractivity contribution is 0.902. The minimum absolute atomic E-state index is 0.877. The first-order chi connectivity index (χ1) is 5.88. The second-order valence-electron chi connectivity index (χ2n) is 2.54. The Morgan fingerprint density at radius 3 is 3.00 bits per heavy atom. The number of likely N-dealkylation sites (N-methyl/N-ethyl adjacent to an activating group) is 1. The molecule has 1 rings (SSSR count). The molecular weight excluding hydrogens is 148 g/mol. The van der Waals surface area contributed by atoms with Crippen molar-refractivity contribution in [3.05, 3.63) is 37.2 Å². The molecule has 12 heavy (non-hydrogen) atoms. The fourth-order valence-corrected chi connectivity index (χ4v) is 1.11. The van der Waals surface area contributed by atoms with Crippen LogP contribution in [0.2, 0.25) is 0 Å². The maximum atomic E-state index is 4.06. The minimum atomic E-state index is 0.877. The first kappa shape index (κ1) is 8.78. The maximum absolute atomic E-state index is 4.06. The van der Waals surface area contributed by atoms with Gasteiger partial charge in [0.1, 0.15) is 0 Å². The lowest BCUT2D eigenvalue weighted by Crippen LogP contribution is -2.22. The van der Waals surface area contributed by atoms with E-state index in [-0.39, 0.29) is 0 Å². The molecule has 0 aliphatic heterocycles. The van der Waals surface area contributed by atoms with E-state index in [0.29, 0.717) is 0 Å². The highest BCUT2D eigenvalue weighted by Gasteiger charge is 1.99. The molecule has 2 heteroatoms. The lowest BCUT2D eigenvalue weighted by Gasteiger charge is -2.20. The third-order valence-corrected chi connectivity index (χ3v) is 1.74. The van der Waals surface area contributed by atoms with Gasteiger partial charge >= 0.3 is 0 Å². The highest BCUT2D eigenvalue weighted by atomic mass is 15.1. The zero-order chi connectivity index (χ0) is 8.81. The van der Waals surface area contributed by atoms with Crippen molar-refractivity contribution in [1.82, 2.24) is 4.98 Å². The van der Waals surface area contributed by atoms with Gasteiger partial charge < -0.3 is 4.90 Å². The number of hydrogen-bond acceptors (Lipinski definition) is 2. The van der Waals surface area contributed by atoms with Crippen molar-refractivity contribution in [3.63, 3.8) is 0 Å². The Bertz CT molecular complexity index is 231. The summed E-state index contributed by atoms with van der Waals surface area (Å²) in [4.78, 5) is 6.27. The largest absolute Gasteiger partial charge is 0.367 e. The Morgan fingerprint density at radius 1 is 1.67 bits per heavy atom. The quantitative estimate of drug-likeness (QED) is 0.630. The van der Waals surface area contributed by atoms with Gasteiger partial charge in [-0.3, -0.25) is 4.98 Å². The van der Waals surface area contributed by atoms with E-state index in [0.717, 1.165) is 18.8 Å². The molecule has 0 spiro atoms. The molecule has 0 amide bonds. The van der Waals surface area contributed by atoms with Gasteiger partial charge in [-0.25, -0.2) is 0 Å². The monoisotopic (exact) mass is 162 g/mol. The highest BCUT2D eigenvalue weighted by molar-refractivity contribution is 5.43. The summed E-state index contributed by atoms with van der Waals surface area (Å²) in [5.41, 5.74) is 1.15. The van der Waals surface area contributed by atoms with Crippen LogP contribution in [0.5, 0.6) is 0 Å². The van der Waals surface area contributed by atoms with E-state index in [4.69, 9.17) is 0 Å². The van der Waals surface area contributed by atoms with Crippen molar-refractivity contribution in [1.29, 1.82) is 0 Å². The molecule has 0 radical (unpaired) electrons. The van der Waals surface area contributed by atoms with Gasteiger partial charge in [-0.1, -0.05) is 6.08 Å². The smallest absolute Gasteiger partial charge is 0.0555 e. The number of nitrogens with zero attached hydrogens (tertiary/aromatic N) is 2. The Labute approximate surface area is 73.5 Å². The summed E-state index contributed by atoms with van der Waals surface area (Å²) in [6.07, 6.45) is 5.55. The molecule has 0 atom stereocenters. The third kappa shape index (κ3) is 2.09. The summed E-state index contributed by atoms with van der Waals surface area (Å²) in [6, 6.07) is 4.00. The van der Waals surface area contributed by atoms with Crippen molar-refractivity contribution in [2.45, 2.75) is 6.92 Å². The molecule has 0 aromatic carbocycles. The number of anilines is 1. The second kappa shape index (κ2) is 4.54. The van der Waals surface area contributed by atoms with Crippen LogP contribution >= 0.6 is 0 Å². The molecule has 64 valence electrons. The van der Waals surface area contributed by atoms with Crippen LogP contribution < -0.4 is 4.90 Å². The van der Waals surface area contributed by atoms with E-state index in [1.807, 2.05) is 18.3 Å². The first-order valence-electron chi connectivity index (χ1n) is 4.14. The van der Waals surface area contributed by atoms with Gasteiger partial charge in [-0.05, 0) is 19.1 Å². The van der Waals surface area contributed by atoms with Crippen LogP contribution in [0.4, 0.5) is 5.69 Å². The molecule has 0 unspecified atom stereocenters. The molecule has 0 N–H and O–H groups in total. The summed E-state index contributed by atoms with van der Waals surface area (Å²) in [5, 5.41) is 0. The average Bonchev–Trinajstić information content (AvgIpc) is 2.15. The molecule has 1 heterocycles. The number of aromatic nitrogens is 1. The third-order valence-electron chi connectivity index (χ3n) is 1.74. The van der Waals surface area contributed by atoms with Crippen LogP contribution in [-0.4, -0.2) is 18.1 Å². The van der Waals surface area contributed by atoms with Gasteiger partial charge in [0.2, 0.25) is 0 Å². The molecule has 0 saturated heterocycles. The molecule has 1 aromatic heterocycles. The van der Waals surface area contributed by atoms with E-state index in [2.05, 4.69) is 29.5 Å². The standard InChI is InChI=1S/C10H14N2/c1-3-8-12(4-2)10-6-5-7-11-9-10/h3,5-7,9H,1,4,8H2,2H3. The molecule has 1 aromatic rings. The first-order valence-corrected chi connectivity index (χ1v) is 4.14. The molecule has 0 saturated carbocycles. The fraction of sp³-hybridized carbons (Fsp3) is 0.300. The van der Waals surface area contributed by atoms with Crippen molar-refractivity contribution >= 4 is 5.69 Å². The van der Waals surface area contributed by atoms with Gasteiger partial charge in [-0.2, -0.15) is 0 Å². The van der Waals surface area contributed by atoms with Gasteiger partial charge in [0, 0.05) is 19.3 Å². The lowest BCUT2D eigenvalue weighted by atomic mass is 10.3. The minimum Gasteiger partial charge on any atom is -0.367 e. The second-order valence-corrected chi connectivity index (χ2v) is 2.54. The zero-order valence-electron chi connectivity index (χ0n) is 7.40. The van der Waals surface area contributed by atoms with Crippen LogP contribution in [-0.2, 0) is 0 Å². The highest BCUT2D eigenvalue weighted by Crippen LogP contribution is 2.10. The predicted molar refractivity (Wildman–Crippen MR) is 52.3 cm³/mol. The van der Waals surface area contributed by atoms with Crippen molar-refractivity contribution < 1.29 is 0 Å². The number of hydrogen-bond donors (Lipinski definition) is 0. The van der Waals surface area contributed by atoms with Crippen molar-refractivity contribution in [2.24, 2.45) is 0 Å². The van der Waals surface area contributed by atoms with Crippen LogP contribution in [0.1, 0.15) is 6.92 Å². The molecule has 2 nitrogen and oxygen atoms in total. The topological polar surface area (TPSA) is 16.1 Å². The summed E-state index contributed by atoms with van der Waals surface area (Å²) in [7, 11) is 0.